The highest BCUT2D eigenvalue weighted by molar-refractivity contribution is 8.13. The van der Waals surface area contributed by atoms with Gasteiger partial charge in [0.2, 0.25) is 9.05 Å². The van der Waals surface area contributed by atoms with Crippen molar-refractivity contribution in [2.24, 2.45) is 5.92 Å². The first-order valence-corrected chi connectivity index (χ1v) is 11.3. The molecule has 1 atom stereocenters. The topological polar surface area (TPSA) is 72.5 Å². The van der Waals surface area contributed by atoms with Crippen LogP contribution in [0.1, 0.15) is 30.9 Å². The molecule has 0 aliphatic heterocycles. The second-order valence-corrected chi connectivity index (χ2v) is 9.85. The van der Waals surface area contributed by atoms with Crippen molar-refractivity contribution >= 4 is 25.8 Å². The number of alkyl carbamates (subject to hydrolysis) is 1. The Bertz CT molecular complexity index is 897. The van der Waals surface area contributed by atoms with Crippen LogP contribution in [-0.4, -0.2) is 32.9 Å². The van der Waals surface area contributed by atoms with E-state index in [9.17, 15) is 13.2 Å². The molecule has 0 heterocycles. The molecule has 0 unspecified atom stereocenters. The molecule has 144 valence electrons. The van der Waals surface area contributed by atoms with Crippen LogP contribution in [0.15, 0.2) is 48.5 Å². The zero-order valence-electron chi connectivity index (χ0n) is 15.2. The van der Waals surface area contributed by atoms with Crippen LogP contribution in [0.2, 0.25) is 0 Å². The van der Waals surface area contributed by atoms with Crippen molar-refractivity contribution in [1.82, 2.24) is 5.32 Å². The van der Waals surface area contributed by atoms with E-state index in [4.69, 9.17) is 15.4 Å². The Kier molecular flexibility index (Phi) is 5.77. The van der Waals surface area contributed by atoms with Gasteiger partial charge in [0.05, 0.1) is 5.75 Å². The number of benzene rings is 2. The van der Waals surface area contributed by atoms with Gasteiger partial charge in [0.25, 0.3) is 0 Å². The predicted octanol–water partition coefficient (Wildman–Crippen LogP) is 4.12. The van der Waals surface area contributed by atoms with Gasteiger partial charge in [-0.15, -0.1) is 0 Å². The summed E-state index contributed by atoms with van der Waals surface area (Å²) in [6, 6.07) is 15.5. The molecule has 0 saturated carbocycles. The third kappa shape index (κ3) is 4.62. The van der Waals surface area contributed by atoms with E-state index >= 15 is 0 Å². The third-order valence-corrected chi connectivity index (χ3v) is 5.97. The van der Waals surface area contributed by atoms with Gasteiger partial charge < -0.3 is 10.1 Å². The molecule has 0 bridgehead atoms. The van der Waals surface area contributed by atoms with Crippen molar-refractivity contribution < 1.29 is 17.9 Å². The largest absolute Gasteiger partial charge is 0.449 e. The SMILES string of the molecule is CC(C)[C@@H](CS(=O)(=O)Cl)NC(=O)OCC1c2ccccc2-c2ccccc21. The second-order valence-electron chi connectivity index (χ2n) is 7.03. The molecule has 0 radical (unpaired) electrons. The Balaban J connectivity index is 1.70. The van der Waals surface area contributed by atoms with Crippen LogP contribution in [0.3, 0.4) is 0 Å². The van der Waals surface area contributed by atoms with E-state index in [0.29, 0.717) is 0 Å². The maximum atomic E-state index is 12.3. The van der Waals surface area contributed by atoms with Gasteiger partial charge in [0, 0.05) is 22.6 Å². The molecule has 1 aliphatic rings. The van der Waals surface area contributed by atoms with Crippen molar-refractivity contribution in [3.63, 3.8) is 0 Å². The summed E-state index contributed by atoms with van der Waals surface area (Å²) >= 11 is 0. The Morgan fingerprint density at radius 3 is 2.07 bits per heavy atom. The average Bonchev–Trinajstić information content (AvgIpc) is 2.92. The molecule has 3 rings (SSSR count). The fourth-order valence-corrected chi connectivity index (χ4v) is 4.71. The molecular formula is C20H22ClNO4S. The highest BCUT2D eigenvalue weighted by Crippen LogP contribution is 2.44. The maximum Gasteiger partial charge on any atom is 0.407 e. The number of nitrogens with one attached hydrogen (secondary N) is 1. The van der Waals surface area contributed by atoms with Crippen LogP contribution < -0.4 is 5.32 Å². The smallest absolute Gasteiger partial charge is 0.407 e. The Hall–Kier alpha value is -2.05. The highest BCUT2D eigenvalue weighted by Gasteiger charge is 2.29. The molecular weight excluding hydrogens is 386 g/mol. The van der Waals surface area contributed by atoms with E-state index in [1.807, 2.05) is 50.2 Å². The van der Waals surface area contributed by atoms with Crippen molar-refractivity contribution in [2.45, 2.75) is 25.8 Å². The quantitative estimate of drug-likeness (QED) is 0.731. The summed E-state index contributed by atoms with van der Waals surface area (Å²) in [5.74, 6) is -0.479. The lowest BCUT2D eigenvalue weighted by atomic mass is 9.98. The molecule has 2 aromatic carbocycles. The second kappa shape index (κ2) is 7.90. The summed E-state index contributed by atoms with van der Waals surface area (Å²) in [4.78, 5) is 12.3. The normalized spacial score (nSPS) is 14.5. The number of carbonyl (C=O) groups excluding carboxylic acids is 1. The van der Waals surface area contributed by atoms with Crippen molar-refractivity contribution in [1.29, 1.82) is 0 Å². The fourth-order valence-electron chi connectivity index (χ4n) is 3.41. The van der Waals surface area contributed by atoms with E-state index in [0.717, 1.165) is 22.3 Å². The average molecular weight is 408 g/mol. The Morgan fingerprint density at radius 2 is 1.59 bits per heavy atom. The number of rotatable bonds is 6. The number of amides is 1. The molecule has 0 spiro atoms. The number of hydrogen-bond donors (Lipinski definition) is 1. The molecule has 27 heavy (non-hydrogen) atoms. The van der Waals surface area contributed by atoms with Crippen LogP contribution in [0, 0.1) is 5.92 Å². The van der Waals surface area contributed by atoms with Crippen LogP contribution in [0.5, 0.6) is 0 Å². The minimum atomic E-state index is -3.72. The fraction of sp³-hybridized carbons (Fsp3) is 0.350. The summed E-state index contributed by atoms with van der Waals surface area (Å²) < 4.78 is 28.1. The molecule has 1 aliphatic carbocycles. The third-order valence-electron chi connectivity index (χ3n) is 4.83. The number of ether oxygens (including phenoxy) is 1. The van der Waals surface area contributed by atoms with Crippen LogP contribution >= 0.6 is 10.7 Å². The Labute approximate surface area is 164 Å². The van der Waals surface area contributed by atoms with Crippen molar-refractivity contribution in [3.8, 4) is 11.1 Å². The van der Waals surface area contributed by atoms with Gasteiger partial charge >= 0.3 is 6.09 Å². The summed E-state index contributed by atoms with van der Waals surface area (Å²) in [5.41, 5.74) is 4.54. The number of fused-ring (bicyclic) bond motifs is 3. The highest BCUT2D eigenvalue weighted by atomic mass is 35.7. The molecule has 1 amide bonds. The zero-order chi connectivity index (χ0) is 19.6. The maximum absolute atomic E-state index is 12.3. The summed E-state index contributed by atoms with van der Waals surface area (Å²) in [7, 11) is 1.61. The van der Waals surface area contributed by atoms with Crippen molar-refractivity contribution in [2.75, 3.05) is 12.4 Å². The number of halogens is 1. The van der Waals surface area contributed by atoms with Crippen molar-refractivity contribution in [3.05, 3.63) is 59.7 Å². The van der Waals surface area contributed by atoms with Crippen LogP contribution in [-0.2, 0) is 13.8 Å². The summed E-state index contributed by atoms with van der Waals surface area (Å²) in [5, 5.41) is 2.62. The lowest BCUT2D eigenvalue weighted by Crippen LogP contribution is -2.43. The molecule has 5 nitrogen and oxygen atoms in total. The first kappa shape index (κ1) is 19.7. The van der Waals surface area contributed by atoms with Gasteiger partial charge in [-0.05, 0) is 28.2 Å². The van der Waals surface area contributed by atoms with Gasteiger partial charge in [-0.2, -0.15) is 0 Å². The molecule has 1 N–H and O–H groups in total. The van der Waals surface area contributed by atoms with E-state index in [1.165, 1.54) is 0 Å². The first-order valence-electron chi connectivity index (χ1n) is 8.80. The monoisotopic (exact) mass is 407 g/mol. The lowest BCUT2D eigenvalue weighted by molar-refractivity contribution is 0.137. The molecule has 0 fully saturated rings. The van der Waals surface area contributed by atoms with Gasteiger partial charge in [0.15, 0.2) is 0 Å². The first-order chi connectivity index (χ1) is 12.8. The molecule has 0 aromatic heterocycles. The molecule has 2 aromatic rings. The van der Waals surface area contributed by atoms with E-state index in [2.05, 4.69) is 17.4 Å². The predicted molar refractivity (Wildman–Crippen MR) is 106 cm³/mol. The standard InChI is InChI=1S/C20H22ClNO4S/c1-13(2)19(12-27(21,24)25)22-20(23)26-11-18-16-9-5-3-7-14(16)15-8-4-6-10-17(15)18/h3-10,13,18-19H,11-12H2,1-2H3,(H,22,23)/t19-/m1/s1. The Morgan fingerprint density at radius 1 is 1.07 bits per heavy atom. The molecule has 7 heteroatoms. The lowest BCUT2D eigenvalue weighted by Gasteiger charge is -2.21. The van der Waals surface area contributed by atoms with Crippen LogP contribution in [0.4, 0.5) is 4.79 Å². The van der Waals surface area contributed by atoms with Gasteiger partial charge in [-0.1, -0.05) is 62.4 Å². The van der Waals surface area contributed by atoms with Gasteiger partial charge in [-0.25, -0.2) is 13.2 Å². The van der Waals surface area contributed by atoms with E-state index in [1.54, 1.807) is 0 Å². The number of hydrogen-bond acceptors (Lipinski definition) is 4. The molecule has 0 saturated heterocycles. The zero-order valence-corrected chi connectivity index (χ0v) is 16.8. The summed E-state index contributed by atoms with van der Waals surface area (Å²) in [6.07, 6.45) is -0.643. The minimum Gasteiger partial charge on any atom is -0.449 e. The van der Waals surface area contributed by atoms with E-state index < -0.39 is 21.2 Å². The van der Waals surface area contributed by atoms with E-state index in [-0.39, 0.29) is 24.2 Å². The summed E-state index contributed by atoms with van der Waals surface area (Å²) in [6.45, 7) is 3.81. The minimum absolute atomic E-state index is 0.0441. The van der Waals surface area contributed by atoms with Gasteiger partial charge in [-0.3, -0.25) is 0 Å². The van der Waals surface area contributed by atoms with Crippen LogP contribution in [0.25, 0.3) is 11.1 Å². The van der Waals surface area contributed by atoms with Gasteiger partial charge in [0.1, 0.15) is 6.61 Å². The number of carbonyl (C=O) groups is 1.